The molecule has 2 heterocycles. The Bertz CT molecular complexity index is 519. The third-order valence-corrected chi connectivity index (χ3v) is 2.70. The molecule has 0 aromatic carbocycles. The number of urea groups is 1. The smallest absolute Gasteiger partial charge is 0.315 e. The van der Waals surface area contributed by atoms with E-state index < -0.39 is 0 Å². The van der Waals surface area contributed by atoms with Crippen LogP contribution in [0.1, 0.15) is 18.8 Å². The second kappa shape index (κ2) is 5.98. The zero-order chi connectivity index (χ0) is 13.7. The van der Waals surface area contributed by atoms with Gasteiger partial charge in [-0.3, -0.25) is 0 Å². The number of imidazole rings is 1. The Labute approximate surface area is 110 Å². The van der Waals surface area contributed by atoms with Gasteiger partial charge >= 0.3 is 6.03 Å². The molecule has 8 nitrogen and oxygen atoms in total. The molecule has 19 heavy (non-hydrogen) atoms. The Hall–Kier alpha value is -2.38. The van der Waals surface area contributed by atoms with Crippen LogP contribution >= 0.6 is 0 Å². The molecule has 2 aromatic rings. The molecule has 0 fully saturated rings. The fourth-order valence-corrected chi connectivity index (χ4v) is 1.71. The van der Waals surface area contributed by atoms with Crippen LogP contribution in [0.4, 0.5) is 4.79 Å². The van der Waals surface area contributed by atoms with Gasteiger partial charge in [-0.05, 0) is 6.92 Å². The number of hydrogen-bond donors (Lipinski definition) is 2. The average Bonchev–Trinajstić information content (AvgIpc) is 3.00. The van der Waals surface area contributed by atoms with Gasteiger partial charge in [0.05, 0.1) is 12.4 Å². The van der Waals surface area contributed by atoms with Gasteiger partial charge in [0.2, 0.25) is 0 Å². The number of rotatable bonds is 5. The summed E-state index contributed by atoms with van der Waals surface area (Å²) in [4.78, 5) is 15.6. The summed E-state index contributed by atoms with van der Waals surface area (Å²) < 4.78 is 3.67. The molecule has 0 aliphatic carbocycles. The second-order valence-corrected chi connectivity index (χ2v) is 4.22. The van der Waals surface area contributed by atoms with E-state index in [-0.39, 0.29) is 12.1 Å². The summed E-state index contributed by atoms with van der Waals surface area (Å²) in [5.41, 5.74) is 0. The van der Waals surface area contributed by atoms with Gasteiger partial charge < -0.3 is 19.8 Å². The van der Waals surface area contributed by atoms with Crippen LogP contribution in [0.25, 0.3) is 0 Å². The van der Waals surface area contributed by atoms with Crippen molar-refractivity contribution >= 4 is 6.03 Å². The molecule has 8 heteroatoms. The van der Waals surface area contributed by atoms with Crippen molar-refractivity contribution in [2.45, 2.75) is 19.5 Å². The molecule has 0 saturated carbocycles. The molecular formula is C11H17N7O. The first-order chi connectivity index (χ1) is 9.16. The van der Waals surface area contributed by atoms with Crippen LogP contribution in [-0.4, -0.2) is 36.9 Å². The summed E-state index contributed by atoms with van der Waals surface area (Å²) in [5, 5.41) is 13.3. The Morgan fingerprint density at radius 3 is 2.95 bits per heavy atom. The molecule has 2 amide bonds. The molecule has 102 valence electrons. The van der Waals surface area contributed by atoms with Gasteiger partial charge in [-0.15, -0.1) is 10.2 Å². The molecule has 0 saturated heterocycles. The minimum Gasteiger partial charge on any atom is -0.336 e. The molecule has 0 bridgehead atoms. The van der Waals surface area contributed by atoms with Gasteiger partial charge in [-0.1, -0.05) is 0 Å². The topological polar surface area (TPSA) is 89.7 Å². The van der Waals surface area contributed by atoms with Crippen molar-refractivity contribution in [2.75, 3.05) is 6.54 Å². The van der Waals surface area contributed by atoms with Crippen molar-refractivity contribution in [3.05, 3.63) is 30.9 Å². The summed E-state index contributed by atoms with van der Waals surface area (Å²) >= 11 is 0. The van der Waals surface area contributed by atoms with Crippen LogP contribution in [0.3, 0.4) is 0 Å². The Morgan fingerprint density at radius 1 is 1.47 bits per heavy atom. The number of amides is 2. The van der Waals surface area contributed by atoms with Gasteiger partial charge in [0.25, 0.3) is 0 Å². The molecule has 0 unspecified atom stereocenters. The van der Waals surface area contributed by atoms with E-state index in [9.17, 15) is 4.79 Å². The van der Waals surface area contributed by atoms with E-state index in [0.717, 1.165) is 0 Å². The summed E-state index contributed by atoms with van der Waals surface area (Å²) in [6.07, 6.45) is 6.87. The second-order valence-electron chi connectivity index (χ2n) is 4.22. The van der Waals surface area contributed by atoms with Crippen molar-refractivity contribution in [3.63, 3.8) is 0 Å². The fourth-order valence-electron chi connectivity index (χ4n) is 1.71. The van der Waals surface area contributed by atoms with E-state index in [4.69, 9.17) is 0 Å². The number of carbonyl (C=O) groups is 1. The molecule has 0 radical (unpaired) electrons. The van der Waals surface area contributed by atoms with E-state index in [2.05, 4.69) is 25.8 Å². The standard InChI is InChI=1S/C11H17N7O/c1-9(10-16-14-8-17(10)2)15-11(19)13-4-6-18-5-3-12-7-18/h3,5,7-9H,4,6H2,1-2H3,(H2,13,15,19)/t9-/m1/s1. The van der Waals surface area contributed by atoms with Crippen molar-refractivity contribution in [1.29, 1.82) is 0 Å². The van der Waals surface area contributed by atoms with Gasteiger partial charge in [-0.2, -0.15) is 0 Å². The minimum absolute atomic E-state index is 0.194. The van der Waals surface area contributed by atoms with Crippen molar-refractivity contribution < 1.29 is 4.79 Å². The summed E-state index contributed by atoms with van der Waals surface area (Å²) in [5.74, 6) is 0.713. The molecule has 0 spiro atoms. The van der Waals surface area contributed by atoms with Gasteiger partial charge in [-0.25, -0.2) is 9.78 Å². The van der Waals surface area contributed by atoms with E-state index in [0.29, 0.717) is 18.9 Å². The highest BCUT2D eigenvalue weighted by molar-refractivity contribution is 5.74. The molecule has 0 aliphatic rings. The first-order valence-corrected chi connectivity index (χ1v) is 6.01. The number of nitrogens with one attached hydrogen (secondary N) is 2. The predicted molar refractivity (Wildman–Crippen MR) is 68.2 cm³/mol. The summed E-state index contributed by atoms with van der Waals surface area (Å²) in [6.45, 7) is 3.08. The van der Waals surface area contributed by atoms with Gasteiger partial charge in [0, 0.05) is 32.5 Å². The molecular weight excluding hydrogens is 246 g/mol. The Balaban J connectivity index is 1.74. The van der Waals surface area contributed by atoms with E-state index >= 15 is 0 Å². The van der Waals surface area contributed by atoms with E-state index in [1.807, 2.05) is 24.7 Å². The first-order valence-electron chi connectivity index (χ1n) is 6.01. The summed E-state index contributed by atoms with van der Waals surface area (Å²) in [7, 11) is 1.84. The zero-order valence-corrected chi connectivity index (χ0v) is 10.9. The molecule has 0 aliphatic heterocycles. The lowest BCUT2D eigenvalue weighted by molar-refractivity contribution is 0.237. The number of nitrogens with zero attached hydrogens (tertiary/aromatic N) is 5. The van der Waals surface area contributed by atoms with Gasteiger partial charge in [0.1, 0.15) is 6.33 Å². The minimum atomic E-state index is -0.226. The highest BCUT2D eigenvalue weighted by Gasteiger charge is 2.13. The largest absolute Gasteiger partial charge is 0.336 e. The zero-order valence-electron chi connectivity index (χ0n) is 10.9. The monoisotopic (exact) mass is 263 g/mol. The van der Waals surface area contributed by atoms with Crippen molar-refractivity contribution in [3.8, 4) is 0 Å². The van der Waals surface area contributed by atoms with Crippen molar-refractivity contribution in [2.24, 2.45) is 7.05 Å². The van der Waals surface area contributed by atoms with Crippen LogP contribution in [0, 0.1) is 0 Å². The lowest BCUT2D eigenvalue weighted by Crippen LogP contribution is -2.39. The number of carbonyl (C=O) groups excluding carboxylic acids is 1. The molecule has 1 atom stereocenters. The van der Waals surface area contributed by atoms with Crippen LogP contribution < -0.4 is 10.6 Å². The van der Waals surface area contributed by atoms with Crippen molar-refractivity contribution in [1.82, 2.24) is 34.9 Å². The van der Waals surface area contributed by atoms with Crippen LogP contribution in [0.2, 0.25) is 0 Å². The van der Waals surface area contributed by atoms with E-state index in [1.165, 1.54) is 0 Å². The molecule has 2 rings (SSSR count). The average molecular weight is 263 g/mol. The first kappa shape index (κ1) is 13.1. The summed E-state index contributed by atoms with van der Waals surface area (Å²) in [6, 6.07) is -0.420. The number of aryl methyl sites for hydroxylation is 1. The lowest BCUT2D eigenvalue weighted by Gasteiger charge is -2.13. The van der Waals surface area contributed by atoms with Crippen LogP contribution in [-0.2, 0) is 13.6 Å². The maximum Gasteiger partial charge on any atom is 0.315 e. The highest BCUT2D eigenvalue weighted by atomic mass is 16.2. The molecule has 2 N–H and O–H groups in total. The maximum atomic E-state index is 11.7. The Morgan fingerprint density at radius 2 is 2.32 bits per heavy atom. The number of aromatic nitrogens is 5. The molecule has 2 aromatic heterocycles. The predicted octanol–water partition coefficient (Wildman–Crippen LogP) is 0.0720. The maximum absolute atomic E-state index is 11.7. The van der Waals surface area contributed by atoms with Crippen LogP contribution in [0.15, 0.2) is 25.0 Å². The third-order valence-electron chi connectivity index (χ3n) is 2.70. The SMILES string of the molecule is C[C@@H](NC(=O)NCCn1ccnc1)c1nncn1C. The lowest BCUT2D eigenvalue weighted by atomic mass is 10.3. The van der Waals surface area contributed by atoms with Crippen LogP contribution in [0.5, 0.6) is 0 Å². The highest BCUT2D eigenvalue weighted by Crippen LogP contribution is 2.06. The third kappa shape index (κ3) is 3.54. The number of hydrogen-bond acceptors (Lipinski definition) is 4. The van der Waals surface area contributed by atoms with Gasteiger partial charge in [0.15, 0.2) is 5.82 Å². The quantitative estimate of drug-likeness (QED) is 0.799. The van der Waals surface area contributed by atoms with E-state index in [1.54, 1.807) is 23.4 Å². The normalized spacial score (nSPS) is 12.1. The Kier molecular flexibility index (Phi) is 4.11. The fraction of sp³-hybridized carbons (Fsp3) is 0.455.